The van der Waals surface area contributed by atoms with Crippen molar-refractivity contribution in [2.75, 3.05) is 19.6 Å². The van der Waals surface area contributed by atoms with Gasteiger partial charge >= 0.3 is 0 Å². The summed E-state index contributed by atoms with van der Waals surface area (Å²) in [6.07, 6.45) is 2.03. The first kappa shape index (κ1) is 12.3. The summed E-state index contributed by atoms with van der Waals surface area (Å²) in [6, 6.07) is -0.0821. The van der Waals surface area contributed by atoms with E-state index < -0.39 is 0 Å². The molecule has 5 nitrogen and oxygen atoms in total. The van der Waals surface area contributed by atoms with Crippen LogP contribution in [0.4, 0.5) is 0 Å². The summed E-state index contributed by atoms with van der Waals surface area (Å²) in [5.74, 6) is -0.0324. The molecule has 0 fully saturated rings. The van der Waals surface area contributed by atoms with E-state index in [4.69, 9.17) is 17.2 Å². The number of amides is 1. The van der Waals surface area contributed by atoms with E-state index in [0.29, 0.717) is 26.1 Å². The fourth-order valence-corrected chi connectivity index (χ4v) is 1.00. The fourth-order valence-electron chi connectivity index (χ4n) is 1.00. The van der Waals surface area contributed by atoms with E-state index in [0.717, 1.165) is 12.8 Å². The summed E-state index contributed by atoms with van der Waals surface area (Å²) in [6.45, 7) is 1.60. The van der Waals surface area contributed by atoms with Crippen molar-refractivity contribution in [3.63, 3.8) is 0 Å². The molecule has 0 aromatic rings. The third-order valence-electron chi connectivity index (χ3n) is 1.69. The molecule has 0 radical (unpaired) electrons. The number of nitrogens with two attached hydrogens (primary N) is 3. The van der Waals surface area contributed by atoms with Crippen molar-refractivity contribution in [3.05, 3.63) is 0 Å². The molecule has 0 unspecified atom stereocenters. The Morgan fingerprint density at radius 2 is 2.00 bits per heavy atom. The molecular weight excluding hydrogens is 168 g/mol. The molecule has 1 atom stereocenters. The summed E-state index contributed by atoms with van der Waals surface area (Å²) in [7, 11) is 0. The van der Waals surface area contributed by atoms with Gasteiger partial charge in [0.1, 0.15) is 0 Å². The standard InChI is InChI=1S/C8H20N4O/c9-3-1-2-7(11)6-8(13)12-5-4-10/h7H,1-6,9-11H2,(H,12,13)/t7-/m0/s1. The summed E-state index contributed by atoms with van der Waals surface area (Å²) in [5, 5.41) is 2.66. The van der Waals surface area contributed by atoms with Crippen molar-refractivity contribution >= 4 is 5.91 Å². The van der Waals surface area contributed by atoms with Crippen LogP contribution in [0.5, 0.6) is 0 Å². The highest BCUT2D eigenvalue weighted by Crippen LogP contribution is 1.97. The van der Waals surface area contributed by atoms with Crippen LogP contribution in [0.1, 0.15) is 19.3 Å². The van der Waals surface area contributed by atoms with Gasteiger partial charge in [-0.3, -0.25) is 4.79 Å². The van der Waals surface area contributed by atoms with E-state index in [1.54, 1.807) is 0 Å². The number of hydrogen-bond acceptors (Lipinski definition) is 4. The molecule has 0 aromatic heterocycles. The molecule has 5 heteroatoms. The van der Waals surface area contributed by atoms with Gasteiger partial charge < -0.3 is 22.5 Å². The van der Waals surface area contributed by atoms with Crippen LogP contribution in [0.2, 0.25) is 0 Å². The third kappa shape index (κ3) is 7.70. The molecule has 0 heterocycles. The predicted molar refractivity (Wildman–Crippen MR) is 52.9 cm³/mol. The van der Waals surface area contributed by atoms with Crippen molar-refractivity contribution in [1.29, 1.82) is 0 Å². The minimum Gasteiger partial charge on any atom is -0.355 e. The van der Waals surface area contributed by atoms with Crippen LogP contribution in [0.15, 0.2) is 0 Å². The zero-order valence-electron chi connectivity index (χ0n) is 7.96. The quantitative estimate of drug-likeness (QED) is 0.390. The van der Waals surface area contributed by atoms with Gasteiger partial charge in [-0.1, -0.05) is 0 Å². The Kier molecular flexibility index (Phi) is 7.57. The van der Waals surface area contributed by atoms with E-state index in [2.05, 4.69) is 5.32 Å². The average molecular weight is 188 g/mol. The molecule has 1 amide bonds. The van der Waals surface area contributed by atoms with E-state index in [1.807, 2.05) is 0 Å². The van der Waals surface area contributed by atoms with Crippen LogP contribution < -0.4 is 22.5 Å². The van der Waals surface area contributed by atoms with Crippen LogP contribution in [-0.2, 0) is 4.79 Å². The first-order valence-corrected chi connectivity index (χ1v) is 4.63. The van der Waals surface area contributed by atoms with Crippen LogP contribution >= 0.6 is 0 Å². The lowest BCUT2D eigenvalue weighted by atomic mass is 10.1. The van der Waals surface area contributed by atoms with E-state index in [1.165, 1.54) is 0 Å². The molecule has 0 bridgehead atoms. The van der Waals surface area contributed by atoms with Crippen LogP contribution in [0.3, 0.4) is 0 Å². The molecule has 78 valence electrons. The van der Waals surface area contributed by atoms with Gasteiger partial charge in [-0.2, -0.15) is 0 Å². The maximum atomic E-state index is 11.1. The summed E-state index contributed by atoms with van der Waals surface area (Å²) in [5.41, 5.74) is 16.2. The SMILES string of the molecule is NCCC[C@H](N)CC(=O)NCCN. The molecule has 0 aromatic carbocycles. The molecule has 0 aliphatic heterocycles. The van der Waals surface area contributed by atoms with Crippen molar-refractivity contribution in [3.8, 4) is 0 Å². The molecule has 7 N–H and O–H groups in total. The Morgan fingerprint density at radius 1 is 1.31 bits per heavy atom. The number of nitrogens with one attached hydrogen (secondary N) is 1. The zero-order valence-corrected chi connectivity index (χ0v) is 7.96. The lowest BCUT2D eigenvalue weighted by Gasteiger charge is -2.10. The molecule has 0 aliphatic carbocycles. The predicted octanol–water partition coefficient (Wildman–Crippen LogP) is -1.48. The topological polar surface area (TPSA) is 107 Å². The second-order valence-electron chi connectivity index (χ2n) is 3.03. The Labute approximate surface area is 79.0 Å². The monoisotopic (exact) mass is 188 g/mol. The van der Waals surface area contributed by atoms with Gasteiger partial charge in [0.25, 0.3) is 0 Å². The minimum atomic E-state index is -0.0821. The highest BCUT2D eigenvalue weighted by Gasteiger charge is 2.07. The van der Waals surface area contributed by atoms with E-state index >= 15 is 0 Å². The van der Waals surface area contributed by atoms with Crippen LogP contribution in [-0.4, -0.2) is 31.6 Å². The minimum absolute atomic E-state index is 0.0324. The maximum absolute atomic E-state index is 11.1. The van der Waals surface area contributed by atoms with Crippen LogP contribution in [0.25, 0.3) is 0 Å². The third-order valence-corrected chi connectivity index (χ3v) is 1.69. The van der Waals surface area contributed by atoms with Crippen molar-refractivity contribution in [2.24, 2.45) is 17.2 Å². The zero-order chi connectivity index (χ0) is 10.1. The van der Waals surface area contributed by atoms with Gasteiger partial charge in [-0.05, 0) is 19.4 Å². The number of carbonyl (C=O) groups is 1. The molecule has 0 saturated heterocycles. The number of hydrogen-bond donors (Lipinski definition) is 4. The van der Waals surface area contributed by atoms with E-state index in [-0.39, 0.29) is 11.9 Å². The molecule has 0 saturated carbocycles. The van der Waals surface area contributed by atoms with Crippen molar-refractivity contribution in [1.82, 2.24) is 5.32 Å². The van der Waals surface area contributed by atoms with Gasteiger partial charge in [0, 0.05) is 25.6 Å². The lowest BCUT2D eigenvalue weighted by Crippen LogP contribution is -2.34. The van der Waals surface area contributed by atoms with E-state index in [9.17, 15) is 4.79 Å². The van der Waals surface area contributed by atoms with Gasteiger partial charge in [-0.15, -0.1) is 0 Å². The molecule has 0 rings (SSSR count). The lowest BCUT2D eigenvalue weighted by molar-refractivity contribution is -0.121. The van der Waals surface area contributed by atoms with Gasteiger partial charge in [0.15, 0.2) is 0 Å². The fraction of sp³-hybridized carbons (Fsp3) is 0.875. The second-order valence-corrected chi connectivity index (χ2v) is 3.03. The van der Waals surface area contributed by atoms with Crippen LogP contribution in [0, 0.1) is 0 Å². The highest BCUT2D eigenvalue weighted by molar-refractivity contribution is 5.76. The largest absolute Gasteiger partial charge is 0.355 e. The summed E-state index contributed by atoms with van der Waals surface area (Å²) in [4.78, 5) is 11.1. The summed E-state index contributed by atoms with van der Waals surface area (Å²) < 4.78 is 0. The Balaban J connectivity index is 3.41. The van der Waals surface area contributed by atoms with Crippen molar-refractivity contribution in [2.45, 2.75) is 25.3 Å². The van der Waals surface area contributed by atoms with Crippen molar-refractivity contribution < 1.29 is 4.79 Å². The average Bonchev–Trinajstić information content (AvgIpc) is 2.11. The first-order chi connectivity index (χ1) is 6.20. The van der Waals surface area contributed by atoms with Gasteiger partial charge in [-0.25, -0.2) is 0 Å². The summed E-state index contributed by atoms with van der Waals surface area (Å²) >= 11 is 0. The normalized spacial score (nSPS) is 12.5. The molecule has 0 aliphatic rings. The molecular formula is C8H20N4O. The van der Waals surface area contributed by atoms with Gasteiger partial charge in [0.05, 0.1) is 0 Å². The highest BCUT2D eigenvalue weighted by atomic mass is 16.1. The second kappa shape index (κ2) is 7.97. The number of rotatable bonds is 7. The smallest absolute Gasteiger partial charge is 0.221 e. The Bertz CT molecular complexity index is 140. The van der Waals surface area contributed by atoms with Gasteiger partial charge in [0.2, 0.25) is 5.91 Å². The number of carbonyl (C=O) groups excluding carboxylic acids is 1. The Morgan fingerprint density at radius 3 is 2.54 bits per heavy atom. The maximum Gasteiger partial charge on any atom is 0.221 e. The first-order valence-electron chi connectivity index (χ1n) is 4.63. The molecule has 0 spiro atoms. The Hall–Kier alpha value is -0.650. The molecule has 13 heavy (non-hydrogen) atoms.